The van der Waals surface area contributed by atoms with Crippen molar-refractivity contribution >= 4 is 29.4 Å². The van der Waals surface area contributed by atoms with Gasteiger partial charge < -0.3 is 14.2 Å². The molecule has 194 valence electrons. The number of carbonyl (C=O) groups excluding carboxylic acids is 3. The van der Waals surface area contributed by atoms with Gasteiger partial charge in [-0.15, -0.1) is 0 Å². The maximum atomic E-state index is 13.9. The fourth-order valence-electron chi connectivity index (χ4n) is 5.42. The van der Waals surface area contributed by atoms with Crippen LogP contribution >= 0.6 is 0 Å². The molecular weight excluding hydrogens is 472 g/mol. The van der Waals surface area contributed by atoms with E-state index in [9.17, 15) is 14.4 Å². The van der Waals surface area contributed by atoms with Gasteiger partial charge in [0.1, 0.15) is 11.1 Å². The summed E-state index contributed by atoms with van der Waals surface area (Å²) in [5, 5.41) is 0. The molecule has 1 amide bonds. The second kappa shape index (κ2) is 9.18. The van der Waals surface area contributed by atoms with E-state index in [-0.39, 0.29) is 28.4 Å². The highest BCUT2D eigenvalue weighted by Gasteiger charge is 2.64. The lowest BCUT2D eigenvalue weighted by atomic mass is 9.82. The number of ether oxygens (including phenoxy) is 3. The SMILES string of the molecule is COC(=O)C1=C(C(=O)OC)C2(OC1=NC(C)(C)CC(C)(C)C)c1ccccc1C(=O)N2c1ccccc1. The highest BCUT2D eigenvalue weighted by atomic mass is 16.6. The summed E-state index contributed by atoms with van der Waals surface area (Å²) in [7, 11) is 2.43. The van der Waals surface area contributed by atoms with Crippen LogP contribution in [0.2, 0.25) is 0 Å². The van der Waals surface area contributed by atoms with Gasteiger partial charge in [-0.1, -0.05) is 57.2 Å². The first-order valence-electron chi connectivity index (χ1n) is 12.1. The summed E-state index contributed by atoms with van der Waals surface area (Å²) < 4.78 is 16.8. The van der Waals surface area contributed by atoms with Crippen LogP contribution in [-0.2, 0) is 29.5 Å². The zero-order valence-corrected chi connectivity index (χ0v) is 22.2. The van der Waals surface area contributed by atoms with E-state index in [1.54, 1.807) is 48.5 Å². The van der Waals surface area contributed by atoms with Crippen LogP contribution in [0.15, 0.2) is 70.7 Å². The van der Waals surface area contributed by atoms with Gasteiger partial charge in [-0.25, -0.2) is 14.6 Å². The third-order valence-corrected chi connectivity index (χ3v) is 6.25. The highest BCUT2D eigenvalue weighted by molar-refractivity contribution is 6.26. The van der Waals surface area contributed by atoms with Gasteiger partial charge in [0, 0.05) is 16.8 Å². The number of benzene rings is 2. The van der Waals surface area contributed by atoms with E-state index >= 15 is 0 Å². The fraction of sp³-hybridized carbons (Fsp3) is 0.379. The molecule has 0 fully saturated rings. The van der Waals surface area contributed by atoms with Crippen molar-refractivity contribution in [3.8, 4) is 0 Å². The minimum Gasteiger partial charge on any atom is -0.465 e. The number of nitrogens with zero attached hydrogens (tertiary/aromatic N) is 2. The average Bonchev–Trinajstić information content (AvgIpc) is 3.28. The number of rotatable bonds is 5. The normalized spacial score (nSPS) is 20.4. The summed E-state index contributed by atoms with van der Waals surface area (Å²) >= 11 is 0. The maximum absolute atomic E-state index is 13.9. The molecule has 1 atom stereocenters. The summed E-state index contributed by atoms with van der Waals surface area (Å²) in [4.78, 5) is 46.8. The predicted octanol–water partition coefficient (Wildman–Crippen LogP) is 4.79. The molecule has 2 aliphatic heterocycles. The maximum Gasteiger partial charge on any atom is 0.344 e. The van der Waals surface area contributed by atoms with Crippen LogP contribution in [0.5, 0.6) is 0 Å². The Bertz CT molecular complexity index is 1320. The summed E-state index contributed by atoms with van der Waals surface area (Å²) in [6.45, 7) is 10.1. The van der Waals surface area contributed by atoms with Crippen LogP contribution in [-0.4, -0.2) is 43.5 Å². The Balaban J connectivity index is 2.09. The molecule has 8 heteroatoms. The first-order valence-corrected chi connectivity index (χ1v) is 12.1. The molecule has 4 rings (SSSR count). The zero-order valence-electron chi connectivity index (χ0n) is 22.2. The number of carbonyl (C=O) groups is 3. The van der Waals surface area contributed by atoms with Crippen LogP contribution in [0.1, 0.15) is 57.0 Å². The van der Waals surface area contributed by atoms with Crippen LogP contribution < -0.4 is 4.90 Å². The lowest BCUT2D eigenvalue weighted by Gasteiger charge is -2.36. The number of amides is 1. The summed E-state index contributed by atoms with van der Waals surface area (Å²) in [5.74, 6) is -2.10. The number of hydrogen-bond donors (Lipinski definition) is 0. The molecule has 1 unspecified atom stereocenters. The van der Waals surface area contributed by atoms with E-state index in [0.29, 0.717) is 23.2 Å². The van der Waals surface area contributed by atoms with Crippen molar-refractivity contribution in [2.75, 3.05) is 19.1 Å². The third-order valence-electron chi connectivity index (χ3n) is 6.25. The van der Waals surface area contributed by atoms with Crippen LogP contribution in [0.4, 0.5) is 5.69 Å². The highest BCUT2D eigenvalue weighted by Crippen LogP contribution is 2.53. The van der Waals surface area contributed by atoms with Crippen molar-refractivity contribution in [1.29, 1.82) is 0 Å². The Morgan fingerprint density at radius 3 is 2.11 bits per heavy atom. The van der Waals surface area contributed by atoms with Crippen molar-refractivity contribution in [2.45, 2.75) is 52.3 Å². The Labute approximate surface area is 216 Å². The molecule has 8 nitrogen and oxygen atoms in total. The third kappa shape index (κ3) is 4.41. The van der Waals surface area contributed by atoms with Crippen LogP contribution in [0.25, 0.3) is 0 Å². The summed E-state index contributed by atoms with van der Waals surface area (Å²) in [5.41, 5.74) is -1.69. The Morgan fingerprint density at radius 1 is 0.919 bits per heavy atom. The molecular formula is C29H32N2O6. The van der Waals surface area contributed by atoms with Gasteiger partial charge in [-0.3, -0.25) is 9.69 Å². The first kappa shape index (κ1) is 26.1. The molecule has 0 saturated heterocycles. The van der Waals surface area contributed by atoms with E-state index in [2.05, 4.69) is 20.8 Å². The number of aliphatic imine (C=N–C) groups is 1. The van der Waals surface area contributed by atoms with Gasteiger partial charge >= 0.3 is 11.9 Å². The number of esters is 2. The van der Waals surface area contributed by atoms with E-state index in [1.165, 1.54) is 19.1 Å². The number of methoxy groups -OCH3 is 2. The Kier molecular flexibility index (Phi) is 6.48. The molecule has 0 saturated carbocycles. The lowest BCUT2D eigenvalue weighted by molar-refractivity contribution is -0.140. The van der Waals surface area contributed by atoms with Crippen molar-refractivity contribution in [2.24, 2.45) is 10.4 Å². The zero-order chi connectivity index (χ0) is 27.2. The van der Waals surface area contributed by atoms with Gasteiger partial charge in [0.15, 0.2) is 0 Å². The minimum absolute atomic E-state index is 0.0769. The summed E-state index contributed by atoms with van der Waals surface area (Å²) in [6.07, 6.45) is 0.653. The topological polar surface area (TPSA) is 94.5 Å². The number of hydrogen-bond acceptors (Lipinski definition) is 7. The van der Waals surface area contributed by atoms with Gasteiger partial charge in [-0.2, -0.15) is 0 Å². The second-order valence-electron chi connectivity index (χ2n) is 11.0. The van der Waals surface area contributed by atoms with Gasteiger partial charge in [-0.05, 0) is 43.9 Å². The van der Waals surface area contributed by atoms with Crippen molar-refractivity contribution in [3.05, 3.63) is 76.9 Å². The first-order chi connectivity index (χ1) is 17.4. The van der Waals surface area contributed by atoms with Gasteiger partial charge in [0.25, 0.3) is 11.6 Å². The quantitative estimate of drug-likeness (QED) is 0.544. The van der Waals surface area contributed by atoms with Gasteiger partial charge in [0.2, 0.25) is 5.90 Å². The molecule has 37 heavy (non-hydrogen) atoms. The molecule has 2 aromatic carbocycles. The predicted molar refractivity (Wildman–Crippen MR) is 139 cm³/mol. The van der Waals surface area contributed by atoms with E-state index < -0.39 is 23.2 Å². The van der Waals surface area contributed by atoms with E-state index in [0.717, 1.165) is 0 Å². The Hall–Kier alpha value is -3.94. The molecule has 0 bridgehead atoms. The lowest BCUT2D eigenvalue weighted by Crippen LogP contribution is -2.48. The standard InChI is InChI=1S/C29H32N2O6/c1-27(2,3)17-28(4,5)30-23-21(25(33)35-6)22(26(34)36-7)29(37-23)20-16-12-11-15-19(20)24(32)31(29)18-13-9-8-10-14-18/h8-16H,17H2,1-7H3. The minimum atomic E-state index is -1.82. The fourth-order valence-corrected chi connectivity index (χ4v) is 5.42. The number of anilines is 1. The van der Waals surface area contributed by atoms with Crippen molar-refractivity contribution in [1.82, 2.24) is 0 Å². The van der Waals surface area contributed by atoms with Crippen LogP contribution in [0, 0.1) is 5.41 Å². The smallest absolute Gasteiger partial charge is 0.344 e. The molecule has 0 N–H and O–H groups in total. The van der Waals surface area contributed by atoms with E-state index in [4.69, 9.17) is 19.2 Å². The second-order valence-corrected chi connectivity index (χ2v) is 11.0. The van der Waals surface area contributed by atoms with Crippen molar-refractivity contribution in [3.63, 3.8) is 0 Å². The molecule has 2 aromatic rings. The number of fused-ring (bicyclic) bond motifs is 2. The molecule has 2 aliphatic rings. The van der Waals surface area contributed by atoms with Crippen LogP contribution in [0.3, 0.4) is 0 Å². The summed E-state index contributed by atoms with van der Waals surface area (Å²) in [6, 6.07) is 15.7. The average molecular weight is 505 g/mol. The molecule has 0 aromatic heterocycles. The largest absolute Gasteiger partial charge is 0.465 e. The van der Waals surface area contributed by atoms with E-state index in [1.807, 2.05) is 19.9 Å². The molecule has 1 spiro atoms. The number of para-hydroxylation sites is 1. The monoisotopic (exact) mass is 504 g/mol. The van der Waals surface area contributed by atoms with Crippen molar-refractivity contribution < 1.29 is 28.6 Å². The Morgan fingerprint density at radius 2 is 1.51 bits per heavy atom. The molecule has 0 aliphatic carbocycles. The molecule has 2 heterocycles. The van der Waals surface area contributed by atoms with Gasteiger partial charge in [0.05, 0.1) is 19.8 Å². The molecule has 0 radical (unpaired) electrons.